The van der Waals surface area contributed by atoms with Crippen LogP contribution in [0, 0.1) is 20.8 Å². The summed E-state index contributed by atoms with van der Waals surface area (Å²) in [5.41, 5.74) is 2.13. The normalized spacial score (nSPS) is 11.6. The van der Waals surface area contributed by atoms with Crippen LogP contribution in [0.2, 0.25) is 5.02 Å². The van der Waals surface area contributed by atoms with Crippen molar-refractivity contribution in [2.24, 2.45) is 0 Å². The summed E-state index contributed by atoms with van der Waals surface area (Å²) in [4.78, 5) is 37.5. The highest BCUT2D eigenvalue weighted by molar-refractivity contribution is 7.16. The van der Waals surface area contributed by atoms with Crippen LogP contribution in [-0.2, 0) is 14.3 Å². The molecule has 0 saturated carbocycles. The summed E-state index contributed by atoms with van der Waals surface area (Å²) in [6.45, 7) is 8.23. The minimum atomic E-state index is -1.08. The number of esters is 1. The van der Waals surface area contributed by atoms with Gasteiger partial charge in [-0.25, -0.2) is 4.79 Å². The fourth-order valence-corrected chi connectivity index (χ4v) is 3.81. The fourth-order valence-electron chi connectivity index (χ4n) is 2.56. The zero-order chi connectivity index (χ0) is 21.9. The highest BCUT2D eigenvalue weighted by Crippen LogP contribution is 2.34. The average Bonchev–Trinajstić information content (AvgIpc) is 2.90. The van der Waals surface area contributed by atoms with Gasteiger partial charge in [0.1, 0.15) is 10.8 Å². The Bertz CT molecular complexity index is 970. The van der Waals surface area contributed by atoms with E-state index in [-0.39, 0.29) is 11.5 Å². The molecule has 7 nitrogen and oxygen atoms in total. The number of benzene rings is 1. The summed E-state index contributed by atoms with van der Waals surface area (Å²) in [5, 5.41) is 6.23. The van der Waals surface area contributed by atoms with Crippen molar-refractivity contribution in [1.82, 2.24) is 0 Å². The number of carbonyl (C=O) groups excluding carboxylic acids is 3. The molecule has 0 spiro atoms. The second kappa shape index (κ2) is 9.28. The number of halogens is 1. The second-order valence-electron chi connectivity index (χ2n) is 6.51. The van der Waals surface area contributed by atoms with Crippen molar-refractivity contribution in [3.63, 3.8) is 0 Å². The third-order valence-corrected chi connectivity index (χ3v) is 5.80. The van der Waals surface area contributed by atoms with Gasteiger partial charge in [-0.3, -0.25) is 9.59 Å². The predicted octanol–water partition coefficient (Wildman–Crippen LogP) is 4.48. The van der Waals surface area contributed by atoms with E-state index in [4.69, 9.17) is 21.1 Å². The molecule has 0 aliphatic heterocycles. The van der Waals surface area contributed by atoms with E-state index in [9.17, 15) is 14.4 Å². The molecule has 0 aliphatic carbocycles. The molecular weight excluding hydrogens is 416 g/mol. The molecule has 0 saturated heterocycles. The standard InChI is InChI=1S/C20H23ClN2O5S/c1-9-7-15(16(27-6)8-14(9)21)23-18(25)11(3)28-20(26)17-10(2)12(4)29-19(17)22-13(5)24/h7-8,11H,1-6H3,(H,22,24)(H,23,25). The molecule has 1 unspecified atom stereocenters. The van der Waals surface area contributed by atoms with Gasteiger partial charge >= 0.3 is 5.97 Å². The van der Waals surface area contributed by atoms with Crippen LogP contribution in [0.3, 0.4) is 0 Å². The van der Waals surface area contributed by atoms with Crippen LogP contribution in [0.4, 0.5) is 10.7 Å². The summed E-state index contributed by atoms with van der Waals surface area (Å²) in [6, 6.07) is 3.27. The number of rotatable bonds is 6. The molecule has 0 fully saturated rings. The lowest BCUT2D eigenvalue weighted by atomic mass is 10.1. The predicted molar refractivity (Wildman–Crippen MR) is 114 cm³/mol. The third-order valence-electron chi connectivity index (χ3n) is 4.27. The van der Waals surface area contributed by atoms with E-state index in [1.54, 1.807) is 26.0 Å². The molecule has 9 heteroatoms. The van der Waals surface area contributed by atoms with Crippen molar-refractivity contribution >= 4 is 51.4 Å². The van der Waals surface area contributed by atoms with Gasteiger partial charge in [0.05, 0.1) is 18.4 Å². The lowest BCUT2D eigenvalue weighted by Crippen LogP contribution is -2.30. The Morgan fingerprint density at radius 3 is 2.38 bits per heavy atom. The molecule has 0 aliphatic rings. The Morgan fingerprint density at radius 1 is 1.14 bits per heavy atom. The summed E-state index contributed by atoms with van der Waals surface area (Å²) in [5.74, 6) is -1.11. The smallest absolute Gasteiger partial charge is 0.342 e. The van der Waals surface area contributed by atoms with Crippen molar-refractivity contribution in [2.75, 3.05) is 17.7 Å². The van der Waals surface area contributed by atoms with Crippen LogP contribution in [-0.4, -0.2) is 31.0 Å². The molecule has 1 aromatic heterocycles. The van der Waals surface area contributed by atoms with Crippen molar-refractivity contribution in [1.29, 1.82) is 0 Å². The first-order chi connectivity index (χ1) is 13.5. The van der Waals surface area contributed by atoms with E-state index in [2.05, 4.69) is 10.6 Å². The van der Waals surface area contributed by atoms with E-state index in [0.29, 0.717) is 27.0 Å². The van der Waals surface area contributed by atoms with Gasteiger partial charge < -0.3 is 20.1 Å². The SMILES string of the molecule is COc1cc(Cl)c(C)cc1NC(=O)C(C)OC(=O)c1c(NC(C)=O)sc(C)c1C. The first-order valence-corrected chi connectivity index (χ1v) is 9.98. The Balaban J connectivity index is 2.18. The van der Waals surface area contributed by atoms with Gasteiger partial charge in [-0.1, -0.05) is 11.6 Å². The number of amides is 2. The van der Waals surface area contributed by atoms with Gasteiger partial charge in [0.25, 0.3) is 5.91 Å². The molecule has 0 radical (unpaired) electrons. The van der Waals surface area contributed by atoms with Crippen molar-refractivity contribution in [2.45, 2.75) is 40.7 Å². The monoisotopic (exact) mass is 438 g/mol. The molecule has 2 amide bonds. The maximum absolute atomic E-state index is 12.7. The lowest BCUT2D eigenvalue weighted by Gasteiger charge is -2.16. The number of ether oxygens (including phenoxy) is 2. The first-order valence-electron chi connectivity index (χ1n) is 8.78. The van der Waals surface area contributed by atoms with Crippen molar-refractivity contribution in [3.8, 4) is 5.75 Å². The third kappa shape index (κ3) is 5.27. The van der Waals surface area contributed by atoms with Crippen LogP contribution < -0.4 is 15.4 Å². The van der Waals surface area contributed by atoms with Gasteiger partial charge in [0.15, 0.2) is 6.10 Å². The molecule has 29 heavy (non-hydrogen) atoms. The number of anilines is 2. The molecular formula is C20H23ClN2O5S. The highest BCUT2D eigenvalue weighted by atomic mass is 35.5. The second-order valence-corrected chi connectivity index (χ2v) is 8.14. The molecule has 156 valence electrons. The number of hydrogen-bond donors (Lipinski definition) is 2. The Hall–Kier alpha value is -2.58. The van der Waals surface area contributed by atoms with Crippen LogP contribution in [0.15, 0.2) is 12.1 Å². The largest absolute Gasteiger partial charge is 0.495 e. The van der Waals surface area contributed by atoms with Crippen LogP contribution in [0.25, 0.3) is 0 Å². The molecule has 1 aromatic carbocycles. The maximum atomic E-state index is 12.7. The van der Waals surface area contributed by atoms with Crippen LogP contribution >= 0.6 is 22.9 Å². The topological polar surface area (TPSA) is 93.7 Å². The van der Waals surface area contributed by atoms with Crippen LogP contribution in [0.5, 0.6) is 5.75 Å². The fraction of sp³-hybridized carbons (Fsp3) is 0.350. The average molecular weight is 439 g/mol. The molecule has 2 rings (SSSR count). The Kier molecular flexibility index (Phi) is 7.26. The Labute approximate surface area is 178 Å². The van der Waals surface area contributed by atoms with Crippen molar-refractivity contribution < 1.29 is 23.9 Å². The maximum Gasteiger partial charge on any atom is 0.342 e. The minimum absolute atomic E-state index is 0.252. The zero-order valence-corrected chi connectivity index (χ0v) is 18.6. The van der Waals surface area contributed by atoms with Gasteiger partial charge in [0, 0.05) is 22.9 Å². The number of aryl methyl sites for hydroxylation is 2. The zero-order valence-electron chi connectivity index (χ0n) is 17.1. The number of thiophene rings is 1. The molecule has 1 atom stereocenters. The van der Waals surface area contributed by atoms with E-state index in [1.165, 1.54) is 32.3 Å². The number of nitrogens with one attached hydrogen (secondary N) is 2. The van der Waals surface area contributed by atoms with E-state index < -0.39 is 18.0 Å². The molecule has 2 aromatic rings. The van der Waals surface area contributed by atoms with Crippen molar-refractivity contribution in [3.05, 3.63) is 38.7 Å². The van der Waals surface area contributed by atoms with E-state index in [1.807, 2.05) is 6.92 Å². The summed E-state index contributed by atoms with van der Waals surface area (Å²) in [6.07, 6.45) is -1.08. The summed E-state index contributed by atoms with van der Waals surface area (Å²) >= 11 is 7.36. The number of hydrogen-bond acceptors (Lipinski definition) is 6. The first kappa shape index (κ1) is 22.7. The summed E-state index contributed by atoms with van der Waals surface area (Å²) in [7, 11) is 1.46. The molecule has 0 bridgehead atoms. The van der Waals surface area contributed by atoms with E-state index >= 15 is 0 Å². The van der Waals surface area contributed by atoms with Crippen LogP contribution in [0.1, 0.15) is 40.2 Å². The van der Waals surface area contributed by atoms with Gasteiger partial charge in [-0.2, -0.15) is 0 Å². The quantitative estimate of drug-likeness (QED) is 0.648. The van der Waals surface area contributed by atoms with Gasteiger partial charge in [0.2, 0.25) is 5.91 Å². The summed E-state index contributed by atoms with van der Waals surface area (Å²) < 4.78 is 10.6. The van der Waals surface area contributed by atoms with E-state index in [0.717, 1.165) is 10.4 Å². The highest BCUT2D eigenvalue weighted by Gasteiger charge is 2.26. The van der Waals surface area contributed by atoms with Gasteiger partial charge in [-0.05, 0) is 44.9 Å². The minimum Gasteiger partial charge on any atom is -0.495 e. The number of carbonyl (C=O) groups is 3. The lowest BCUT2D eigenvalue weighted by molar-refractivity contribution is -0.123. The molecule has 1 heterocycles. The number of methoxy groups -OCH3 is 1. The molecule has 2 N–H and O–H groups in total. The van der Waals surface area contributed by atoms with Gasteiger partial charge in [-0.15, -0.1) is 11.3 Å². The Morgan fingerprint density at radius 2 is 1.79 bits per heavy atom.